The Morgan fingerprint density at radius 3 is 3.00 bits per heavy atom. The molecule has 0 saturated carbocycles. The Labute approximate surface area is 113 Å². The molecule has 1 unspecified atom stereocenters. The lowest BCUT2D eigenvalue weighted by Gasteiger charge is -2.10. The fraction of sp³-hybridized carbons (Fsp3) is 0.400. The van der Waals surface area contributed by atoms with Gasteiger partial charge >= 0.3 is 0 Å². The number of hydrogen-bond acceptors (Lipinski definition) is 3. The van der Waals surface area contributed by atoms with Crippen molar-refractivity contribution in [3.05, 3.63) is 42.1 Å². The molecule has 0 aliphatic carbocycles. The Hall–Kier alpha value is -1.65. The Morgan fingerprint density at radius 2 is 2.21 bits per heavy atom. The zero-order chi connectivity index (χ0) is 12.9. The standard InChI is InChI=1S/C15H19N3O/c1-2-5-12(6-3-1)15-13(10-17-18-15)9-16-11-14-7-4-8-19-14/h1-3,5-6,10,14,16H,4,7-9,11H2,(H,17,18). The van der Waals surface area contributed by atoms with E-state index in [-0.39, 0.29) is 0 Å². The summed E-state index contributed by atoms with van der Waals surface area (Å²) in [6.07, 6.45) is 4.63. The van der Waals surface area contributed by atoms with Crippen LogP contribution < -0.4 is 5.32 Å². The van der Waals surface area contributed by atoms with Crippen molar-refractivity contribution in [3.63, 3.8) is 0 Å². The molecule has 100 valence electrons. The van der Waals surface area contributed by atoms with Gasteiger partial charge in [0.15, 0.2) is 0 Å². The number of nitrogens with zero attached hydrogens (tertiary/aromatic N) is 1. The van der Waals surface area contributed by atoms with Crippen LogP contribution in [-0.2, 0) is 11.3 Å². The summed E-state index contributed by atoms with van der Waals surface area (Å²) >= 11 is 0. The number of hydrogen-bond donors (Lipinski definition) is 2. The summed E-state index contributed by atoms with van der Waals surface area (Å²) in [5, 5.41) is 10.7. The third kappa shape index (κ3) is 3.03. The minimum atomic E-state index is 0.382. The van der Waals surface area contributed by atoms with Crippen LogP contribution in [0.15, 0.2) is 36.5 Å². The predicted octanol–water partition coefficient (Wildman–Crippen LogP) is 2.35. The van der Waals surface area contributed by atoms with E-state index >= 15 is 0 Å². The molecular weight excluding hydrogens is 238 g/mol. The summed E-state index contributed by atoms with van der Waals surface area (Å²) in [6.45, 7) is 2.65. The first-order chi connectivity index (χ1) is 9.43. The lowest BCUT2D eigenvalue weighted by atomic mass is 10.1. The van der Waals surface area contributed by atoms with Gasteiger partial charge in [0.1, 0.15) is 0 Å². The van der Waals surface area contributed by atoms with Crippen molar-refractivity contribution >= 4 is 0 Å². The lowest BCUT2D eigenvalue weighted by Crippen LogP contribution is -2.25. The second kappa shape index (κ2) is 5.99. The van der Waals surface area contributed by atoms with Crippen LogP contribution in [0.4, 0.5) is 0 Å². The lowest BCUT2D eigenvalue weighted by molar-refractivity contribution is 0.110. The molecule has 3 rings (SSSR count). The molecule has 4 heteroatoms. The maximum absolute atomic E-state index is 5.60. The van der Waals surface area contributed by atoms with Gasteiger partial charge in [0, 0.05) is 25.3 Å². The van der Waals surface area contributed by atoms with Crippen molar-refractivity contribution in [1.29, 1.82) is 0 Å². The molecule has 1 aliphatic rings. The molecular formula is C15H19N3O. The second-order valence-corrected chi connectivity index (χ2v) is 4.90. The molecule has 1 atom stereocenters. The molecule has 2 N–H and O–H groups in total. The van der Waals surface area contributed by atoms with Crippen LogP contribution >= 0.6 is 0 Å². The maximum atomic E-state index is 5.60. The topological polar surface area (TPSA) is 49.9 Å². The summed E-state index contributed by atoms with van der Waals surface area (Å²) in [5.74, 6) is 0. The zero-order valence-corrected chi connectivity index (χ0v) is 10.9. The molecule has 1 fully saturated rings. The number of rotatable bonds is 5. The van der Waals surface area contributed by atoms with Gasteiger partial charge in [0.05, 0.1) is 18.0 Å². The molecule has 1 aliphatic heterocycles. The summed E-state index contributed by atoms with van der Waals surface area (Å²) in [4.78, 5) is 0. The third-order valence-electron chi connectivity index (χ3n) is 3.49. The van der Waals surface area contributed by atoms with Crippen LogP contribution in [0.2, 0.25) is 0 Å². The van der Waals surface area contributed by atoms with Gasteiger partial charge in [-0.2, -0.15) is 5.10 Å². The van der Waals surface area contributed by atoms with Crippen molar-refractivity contribution in [1.82, 2.24) is 15.5 Å². The van der Waals surface area contributed by atoms with E-state index in [1.54, 1.807) is 0 Å². The van der Waals surface area contributed by atoms with E-state index in [1.165, 1.54) is 24.0 Å². The summed E-state index contributed by atoms with van der Waals surface area (Å²) in [7, 11) is 0. The molecule has 1 saturated heterocycles. The molecule has 0 spiro atoms. The SMILES string of the molecule is c1ccc(-c2[nH]ncc2CNCC2CCCO2)cc1. The smallest absolute Gasteiger partial charge is 0.0700 e. The van der Waals surface area contributed by atoms with Crippen LogP contribution in [-0.4, -0.2) is 29.5 Å². The molecule has 19 heavy (non-hydrogen) atoms. The normalized spacial score (nSPS) is 18.8. The summed E-state index contributed by atoms with van der Waals surface area (Å²) in [6, 6.07) is 10.3. The van der Waals surface area contributed by atoms with Crippen molar-refractivity contribution in [2.75, 3.05) is 13.2 Å². The summed E-state index contributed by atoms with van der Waals surface area (Å²) in [5.41, 5.74) is 3.47. The Balaban J connectivity index is 1.61. The Bertz CT molecular complexity index is 503. The zero-order valence-electron chi connectivity index (χ0n) is 10.9. The van der Waals surface area contributed by atoms with Crippen LogP contribution in [0.1, 0.15) is 18.4 Å². The van der Waals surface area contributed by atoms with Gasteiger partial charge in [-0.15, -0.1) is 0 Å². The maximum Gasteiger partial charge on any atom is 0.0700 e. The van der Waals surface area contributed by atoms with Gasteiger partial charge < -0.3 is 10.1 Å². The van der Waals surface area contributed by atoms with Crippen LogP contribution in [0.5, 0.6) is 0 Å². The molecule has 0 amide bonds. The largest absolute Gasteiger partial charge is 0.377 e. The molecule has 1 aromatic heterocycles. The number of ether oxygens (including phenoxy) is 1. The van der Waals surface area contributed by atoms with Gasteiger partial charge in [-0.25, -0.2) is 0 Å². The van der Waals surface area contributed by atoms with E-state index in [4.69, 9.17) is 4.74 Å². The fourth-order valence-corrected chi connectivity index (χ4v) is 2.47. The molecule has 2 heterocycles. The van der Waals surface area contributed by atoms with E-state index < -0.39 is 0 Å². The minimum absolute atomic E-state index is 0.382. The van der Waals surface area contributed by atoms with Crippen LogP contribution in [0, 0.1) is 0 Å². The molecule has 4 nitrogen and oxygen atoms in total. The minimum Gasteiger partial charge on any atom is -0.377 e. The number of H-pyrrole nitrogens is 1. The van der Waals surface area contributed by atoms with Crippen LogP contribution in [0.3, 0.4) is 0 Å². The highest BCUT2D eigenvalue weighted by Crippen LogP contribution is 2.20. The van der Waals surface area contributed by atoms with Gasteiger partial charge in [0.2, 0.25) is 0 Å². The highest BCUT2D eigenvalue weighted by Gasteiger charge is 2.15. The highest BCUT2D eigenvalue weighted by atomic mass is 16.5. The Kier molecular flexibility index (Phi) is 3.91. The van der Waals surface area contributed by atoms with E-state index in [0.29, 0.717) is 6.10 Å². The van der Waals surface area contributed by atoms with Crippen LogP contribution in [0.25, 0.3) is 11.3 Å². The van der Waals surface area contributed by atoms with Gasteiger partial charge in [-0.1, -0.05) is 30.3 Å². The average Bonchev–Trinajstić information content (AvgIpc) is 3.11. The number of benzene rings is 1. The van der Waals surface area contributed by atoms with Crippen molar-refractivity contribution in [2.45, 2.75) is 25.5 Å². The van der Waals surface area contributed by atoms with Gasteiger partial charge in [-0.3, -0.25) is 5.10 Å². The van der Waals surface area contributed by atoms with E-state index in [1.807, 2.05) is 24.4 Å². The Morgan fingerprint density at radius 1 is 1.32 bits per heavy atom. The number of nitrogens with one attached hydrogen (secondary N) is 2. The average molecular weight is 257 g/mol. The third-order valence-corrected chi connectivity index (χ3v) is 3.49. The van der Waals surface area contributed by atoms with Crippen molar-refractivity contribution in [2.24, 2.45) is 0 Å². The second-order valence-electron chi connectivity index (χ2n) is 4.90. The summed E-state index contributed by atoms with van der Waals surface area (Å²) < 4.78 is 5.60. The number of aromatic amines is 1. The first kappa shape index (κ1) is 12.4. The molecule has 2 aromatic rings. The van der Waals surface area contributed by atoms with Crippen molar-refractivity contribution < 1.29 is 4.74 Å². The first-order valence-corrected chi connectivity index (χ1v) is 6.83. The van der Waals surface area contributed by atoms with E-state index in [2.05, 4.69) is 27.6 Å². The highest BCUT2D eigenvalue weighted by molar-refractivity contribution is 5.62. The van der Waals surface area contributed by atoms with Gasteiger partial charge in [-0.05, 0) is 18.4 Å². The molecule has 0 radical (unpaired) electrons. The monoisotopic (exact) mass is 257 g/mol. The fourth-order valence-electron chi connectivity index (χ4n) is 2.47. The quantitative estimate of drug-likeness (QED) is 0.864. The van der Waals surface area contributed by atoms with Gasteiger partial charge in [0.25, 0.3) is 0 Å². The molecule has 1 aromatic carbocycles. The van der Waals surface area contributed by atoms with E-state index in [9.17, 15) is 0 Å². The molecule has 0 bridgehead atoms. The predicted molar refractivity (Wildman–Crippen MR) is 74.7 cm³/mol. The van der Waals surface area contributed by atoms with E-state index in [0.717, 1.165) is 25.4 Å². The van der Waals surface area contributed by atoms with Crippen molar-refractivity contribution in [3.8, 4) is 11.3 Å². The first-order valence-electron chi connectivity index (χ1n) is 6.83. The number of aromatic nitrogens is 2.